The van der Waals surface area contributed by atoms with Gasteiger partial charge in [-0.3, -0.25) is 0 Å². The van der Waals surface area contributed by atoms with E-state index in [1.54, 1.807) is 6.07 Å². The van der Waals surface area contributed by atoms with Crippen LogP contribution in [0.3, 0.4) is 0 Å². The quantitative estimate of drug-likeness (QED) is 0.867. The standard InChI is InChI=1S/C16H23FN2O2/c1-3-19-9-4-5-12(8-10-19)18-13-6-7-15(17)14(11-13)16(20)21-2/h6-7,11-12,18H,3-5,8-10H2,1-2H3. The second-order valence-electron chi connectivity index (χ2n) is 5.39. The maximum atomic E-state index is 13.6. The van der Waals surface area contributed by atoms with Gasteiger partial charge in [0, 0.05) is 18.3 Å². The fraction of sp³-hybridized carbons (Fsp3) is 0.562. The van der Waals surface area contributed by atoms with Crippen LogP contribution in [0, 0.1) is 5.82 Å². The summed E-state index contributed by atoms with van der Waals surface area (Å²) in [7, 11) is 1.26. The van der Waals surface area contributed by atoms with Crippen molar-refractivity contribution in [2.24, 2.45) is 0 Å². The van der Waals surface area contributed by atoms with Gasteiger partial charge in [-0.15, -0.1) is 0 Å². The van der Waals surface area contributed by atoms with Gasteiger partial charge in [0.2, 0.25) is 0 Å². The number of ether oxygens (including phenoxy) is 1. The van der Waals surface area contributed by atoms with Crippen LogP contribution in [-0.4, -0.2) is 43.7 Å². The second kappa shape index (κ2) is 7.41. The lowest BCUT2D eigenvalue weighted by Crippen LogP contribution is -2.26. The second-order valence-corrected chi connectivity index (χ2v) is 5.39. The van der Waals surface area contributed by atoms with Gasteiger partial charge in [-0.05, 0) is 50.6 Å². The molecule has 1 aromatic rings. The van der Waals surface area contributed by atoms with Crippen molar-refractivity contribution >= 4 is 11.7 Å². The summed E-state index contributed by atoms with van der Waals surface area (Å²) in [5, 5.41) is 3.41. The number of halogens is 1. The van der Waals surface area contributed by atoms with Crippen molar-refractivity contribution in [1.82, 2.24) is 4.90 Å². The zero-order valence-corrected chi connectivity index (χ0v) is 12.7. The minimum atomic E-state index is -0.644. The molecular weight excluding hydrogens is 271 g/mol. The summed E-state index contributed by atoms with van der Waals surface area (Å²) in [4.78, 5) is 14.0. The topological polar surface area (TPSA) is 41.6 Å². The van der Waals surface area contributed by atoms with Crippen molar-refractivity contribution in [3.8, 4) is 0 Å². The predicted molar refractivity (Wildman–Crippen MR) is 81.1 cm³/mol. The first-order valence-electron chi connectivity index (χ1n) is 7.50. The molecule has 1 aromatic carbocycles. The molecule has 1 fully saturated rings. The van der Waals surface area contributed by atoms with Crippen LogP contribution in [0.2, 0.25) is 0 Å². The fourth-order valence-electron chi connectivity index (χ4n) is 2.73. The molecule has 0 spiro atoms. The number of likely N-dealkylation sites (tertiary alicyclic amines) is 1. The van der Waals surface area contributed by atoms with Crippen LogP contribution in [-0.2, 0) is 4.74 Å². The molecule has 1 atom stereocenters. The highest BCUT2D eigenvalue weighted by Crippen LogP contribution is 2.20. The normalized spacial score (nSPS) is 19.9. The molecule has 21 heavy (non-hydrogen) atoms. The smallest absolute Gasteiger partial charge is 0.340 e. The van der Waals surface area contributed by atoms with Gasteiger partial charge >= 0.3 is 5.97 Å². The molecule has 5 heteroatoms. The zero-order chi connectivity index (χ0) is 15.2. The minimum absolute atomic E-state index is 0.0219. The molecule has 116 valence electrons. The zero-order valence-electron chi connectivity index (χ0n) is 12.7. The number of carbonyl (C=O) groups is 1. The fourth-order valence-corrected chi connectivity index (χ4v) is 2.73. The first kappa shape index (κ1) is 15.8. The Bertz CT molecular complexity index is 493. The number of hydrogen-bond donors (Lipinski definition) is 1. The average Bonchev–Trinajstić information content (AvgIpc) is 2.73. The molecule has 1 saturated heterocycles. The number of benzene rings is 1. The van der Waals surface area contributed by atoms with E-state index < -0.39 is 11.8 Å². The molecular formula is C16H23FN2O2. The molecule has 0 amide bonds. The van der Waals surface area contributed by atoms with Crippen molar-refractivity contribution in [1.29, 1.82) is 0 Å². The first-order chi connectivity index (χ1) is 10.1. The Morgan fingerprint density at radius 3 is 2.95 bits per heavy atom. The molecule has 0 aromatic heterocycles. The Morgan fingerprint density at radius 2 is 2.24 bits per heavy atom. The Labute approximate surface area is 125 Å². The summed E-state index contributed by atoms with van der Waals surface area (Å²) in [5.41, 5.74) is 0.748. The van der Waals surface area contributed by atoms with Gasteiger partial charge in [0.15, 0.2) is 0 Å². The molecule has 1 heterocycles. The number of hydrogen-bond acceptors (Lipinski definition) is 4. The minimum Gasteiger partial charge on any atom is -0.465 e. The molecule has 2 rings (SSSR count). The lowest BCUT2D eigenvalue weighted by Gasteiger charge is -2.19. The largest absolute Gasteiger partial charge is 0.465 e. The van der Waals surface area contributed by atoms with Crippen molar-refractivity contribution in [2.75, 3.05) is 32.1 Å². The van der Waals surface area contributed by atoms with Crippen molar-refractivity contribution in [2.45, 2.75) is 32.2 Å². The number of methoxy groups -OCH3 is 1. The Balaban J connectivity index is 2.04. The van der Waals surface area contributed by atoms with Crippen LogP contribution < -0.4 is 5.32 Å². The first-order valence-corrected chi connectivity index (χ1v) is 7.50. The van der Waals surface area contributed by atoms with Crippen LogP contribution in [0.1, 0.15) is 36.5 Å². The Morgan fingerprint density at radius 1 is 1.43 bits per heavy atom. The molecule has 1 aliphatic rings. The van der Waals surface area contributed by atoms with E-state index in [4.69, 9.17) is 0 Å². The van der Waals surface area contributed by atoms with Gasteiger partial charge in [-0.1, -0.05) is 6.92 Å². The number of carbonyl (C=O) groups excluding carboxylic acids is 1. The molecule has 4 nitrogen and oxygen atoms in total. The monoisotopic (exact) mass is 294 g/mol. The third-order valence-electron chi connectivity index (χ3n) is 4.01. The summed E-state index contributed by atoms with van der Waals surface area (Å²) < 4.78 is 18.2. The van der Waals surface area contributed by atoms with Gasteiger partial charge in [0.25, 0.3) is 0 Å². The van der Waals surface area contributed by atoms with Crippen molar-refractivity contribution < 1.29 is 13.9 Å². The number of nitrogens with one attached hydrogen (secondary N) is 1. The van der Waals surface area contributed by atoms with Crippen molar-refractivity contribution in [3.05, 3.63) is 29.6 Å². The van der Waals surface area contributed by atoms with Gasteiger partial charge in [-0.2, -0.15) is 0 Å². The van der Waals surface area contributed by atoms with E-state index in [1.165, 1.54) is 19.2 Å². The summed E-state index contributed by atoms with van der Waals surface area (Å²) in [5.74, 6) is -1.19. The van der Waals surface area contributed by atoms with E-state index in [2.05, 4.69) is 21.9 Å². The lowest BCUT2D eigenvalue weighted by molar-refractivity contribution is 0.0595. The summed E-state index contributed by atoms with van der Waals surface area (Å²) >= 11 is 0. The Kier molecular flexibility index (Phi) is 5.56. The highest BCUT2D eigenvalue weighted by Gasteiger charge is 2.17. The van der Waals surface area contributed by atoms with Crippen LogP contribution >= 0.6 is 0 Å². The predicted octanol–water partition coefficient (Wildman–Crippen LogP) is 2.90. The third kappa shape index (κ3) is 4.17. The summed E-state index contributed by atoms with van der Waals surface area (Å²) in [6, 6.07) is 4.87. The van der Waals surface area contributed by atoms with Crippen LogP contribution in [0.25, 0.3) is 0 Å². The summed E-state index contributed by atoms with van der Waals surface area (Å²) in [6.45, 7) is 5.46. The molecule has 1 N–H and O–H groups in total. The molecule has 0 aliphatic carbocycles. The number of anilines is 1. The number of rotatable bonds is 4. The highest BCUT2D eigenvalue weighted by molar-refractivity contribution is 5.90. The number of esters is 1. The number of nitrogens with zero attached hydrogens (tertiary/aromatic N) is 1. The molecule has 1 aliphatic heterocycles. The van der Waals surface area contributed by atoms with E-state index in [-0.39, 0.29) is 5.56 Å². The van der Waals surface area contributed by atoms with E-state index in [1.807, 2.05) is 0 Å². The van der Waals surface area contributed by atoms with E-state index >= 15 is 0 Å². The molecule has 0 bridgehead atoms. The van der Waals surface area contributed by atoms with Gasteiger partial charge in [0.05, 0.1) is 12.7 Å². The lowest BCUT2D eigenvalue weighted by atomic mass is 10.1. The van der Waals surface area contributed by atoms with Crippen molar-refractivity contribution in [3.63, 3.8) is 0 Å². The third-order valence-corrected chi connectivity index (χ3v) is 4.01. The van der Waals surface area contributed by atoms with Gasteiger partial charge < -0.3 is 15.0 Å². The average molecular weight is 294 g/mol. The van der Waals surface area contributed by atoms with Gasteiger partial charge in [-0.25, -0.2) is 9.18 Å². The molecule has 0 saturated carbocycles. The maximum absolute atomic E-state index is 13.6. The maximum Gasteiger partial charge on any atom is 0.340 e. The van der Waals surface area contributed by atoms with E-state index in [0.29, 0.717) is 6.04 Å². The molecule has 0 radical (unpaired) electrons. The van der Waals surface area contributed by atoms with Gasteiger partial charge in [0.1, 0.15) is 5.82 Å². The molecule has 1 unspecified atom stereocenters. The highest BCUT2D eigenvalue weighted by atomic mass is 19.1. The Hall–Kier alpha value is -1.62. The van der Waals surface area contributed by atoms with Crippen LogP contribution in [0.4, 0.5) is 10.1 Å². The summed E-state index contributed by atoms with van der Waals surface area (Å²) in [6.07, 6.45) is 3.29. The van der Waals surface area contributed by atoms with E-state index in [0.717, 1.165) is 44.6 Å². The SMILES string of the molecule is CCN1CCCC(Nc2ccc(F)c(C(=O)OC)c2)CC1. The van der Waals surface area contributed by atoms with Crippen LogP contribution in [0.5, 0.6) is 0 Å². The van der Waals surface area contributed by atoms with Crippen LogP contribution in [0.15, 0.2) is 18.2 Å². The van der Waals surface area contributed by atoms with E-state index in [9.17, 15) is 9.18 Å².